The van der Waals surface area contributed by atoms with Crippen molar-refractivity contribution in [1.82, 2.24) is 9.62 Å². The van der Waals surface area contributed by atoms with Crippen LogP contribution >= 0.6 is 0 Å². The summed E-state index contributed by atoms with van der Waals surface area (Å²) in [6, 6.07) is 5.46. The summed E-state index contributed by atoms with van der Waals surface area (Å²) < 4.78 is 25.9. The van der Waals surface area contributed by atoms with Gasteiger partial charge in [-0.05, 0) is 30.7 Å². The number of rotatable bonds is 6. The van der Waals surface area contributed by atoms with Gasteiger partial charge in [0, 0.05) is 13.6 Å². The molecule has 0 atom stereocenters. The van der Waals surface area contributed by atoms with Gasteiger partial charge in [0.25, 0.3) is 0 Å². The zero-order valence-electron chi connectivity index (χ0n) is 11.6. The first-order valence-electron chi connectivity index (χ1n) is 6.13. The molecule has 0 heterocycles. The van der Waals surface area contributed by atoms with Crippen LogP contribution in [0.1, 0.15) is 18.1 Å². The standard InChI is InChI=1S/C14H20N2O2S/c1-5-9-16(4)19(17,18)14-10-13(11-15-6-2)8-7-12(14)3/h1,7-8,10,15H,6,9,11H2,2-4H3. The minimum atomic E-state index is -3.52. The number of nitrogens with zero attached hydrogens (tertiary/aromatic N) is 1. The molecule has 0 bridgehead atoms. The highest BCUT2D eigenvalue weighted by Gasteiger charge is 2.22. The first-order chi connectivity index (χ1) is 8.93. The van der Waals surface area contributed by atoms with E-state index in [9.17, 15) is 8.42 Å². The second kappa shape index (κ2) is 6.71. The number of benzene rings is 1. The van der Waals surface area contributed by atoms with Gasteiger partial charge in [-0.15, -0.1) is 6.42 Å². The van der Waals surface area contributed by atoms with E-state index in [4.69, 9.17) is 6.42 Å². The Balaban J connectivity index is 3.15. The minimum absolute atomic E-state index is 0.0687. The van der Waals surface area contributed by atoms with E-state index in [1.54, 1.807) is 13.0 Å². The van der Waals surface area contributed by atoms with Crippen molar-refractivity contribution in [3.8, 4) is 12.3 Å². The summed E-state index contributed by atoms with van der Waals surface area (Å²) in [6.07, 6.45) is 5.17. The highest BCUT2D eigenvalue weighted by molar-refractivity contribution is 7.89. The summed E-state index contributed by atoms with van der Waals surface area (Å²) in [6.45, 7) is 5.35. The summed E-state index contributed by atoms with van der Waals surface area (Å²) in [5, 5.41) is 3.18. The second-order valence-corrected chi connectivity index (χ2v) is 6.36. The summed E-state index contributed by atoms with van der Waals surface area (Å²) in [5.41, 5.74) is 1.67. The molecule has 0 radical (unpaired) electrons. The number of nitrogens with one attached hydrogen (secondary N) is 1. The van der Waals surface area contributed by atoms with E-state index in [0.717, 1.165) is 17.7 Å². The quantitative estimate of drug-likeness (QED) is 0.800. The highest BCUT2D eigenvalue weighted by atomic mass is 32.2. The maximum absolute atomic E-state index is 12.4. The largest absolute Gasteiger partial charge is 0.313 e. The first-order valence-corrected chi connectivity index (χ1v) is 7.57. The first kappa shape index (κ1) is 15.7. The van der Waals surface area contributed by atoms with Crippen LogP contribution in [0.3, 0.4) is 0 Å². The number of aryl methyl sites for hydroxylation is 1. The van der Waals surface area contributed by atoms with E-state index >= 15 is 0 Å². The van der Waals surface area contributed by atoms with Gasteiger partial charge in [0.2, 0.25) is 10.0 Å². The summed E-state index contributed by atoms with van der Waals surface area (Å²) in [7, 11) is -2.02. The molecule has 0 saturated heterocycles. The molecule has 1 N–H and O–H groups in total. The Kier molecular flexibility index (Phi) is 5.55. The third-order valence-corrected chi connectivity index (χ3v) is 4.78. The molecule has 0 aliphatic rings. The van der Waals surface area contributed by atoms with Crippen LogP contribution in [0.25, 0.3) is 0 Å². The maximum Gasteiger partial charge on any atom is 0.243 e. The topological polar surface area (TPSA) is 49.4 Å². The van der Waals surface area contributed by atoms with Gasteiger partial charge < -0.3 is 5.32 Å². The Labute approximate surface area is 115 Å². The number of hydrogen-bond acceptors (Lipinski definition) is 3. The van der Waals surface area contributed by atoms with Gasteiger partial charge in [-0.2, -0.15) is 4.31 Å². The summed E-state index contributed by atoms with van der Waals surface area (Å²) in [5.74, 6) is 2.35. The molecule has 104 valence electrons. The van der Waals surface area contributed by atoms with Crippen molar-refractivity contribution < 1.29 is 8.42 Å². The van der Waals surface area contributed by atoms with Crippen LogP contribution in [0.5, 0.6) is 0 Å². The van der Waals surface area contributed by atoms with Crippen LogP contribution in [0.2, 0.25) is 0 Å². The van der Waals surface area contributed by atoms with Crippen LogP contribution in [0.15, 0.2) is 23.1 Å². The monoisotopic (exact) mass is 280 g/mol. The van der Waals surface area contributed by atoms with Gasteiger partial charge in [-0.3, -0.25) is 0 Å². The zero-order valence-corrected chi connectivity index (χ0v) is 12.4. The van der Waals surface area contributed by atoms with Crippen molar-refractivity contribution in [1.29, 1.82) is 0 Å². The summed E-state index contributed by atoms with van der Waals surface area (Å²) >= 11 is 0. The number of sulfonamides is 1. The van der Waals surface area contributed by atoms with Crippen molar-refractivity contribution in [3.05, 3.63) is 29.3 Å². The van der Waals surface area contributed by atoms with E-state index in [1.807, 2.05) is 19.1 Å². The average molecular weight is 280 g/mol. The third-order valence-electron chi connectivity index (χ3n) is 2.83. The van der Waals surface area contributed by atoms with Crippen LogP contribution in [0.4, 0.5) is 0 Å². The van der Waals surface area contributed by atoms with Gasteiger partial charge in [-0.25, -0.2) is 8.42 Å². The molecule has 0 aliphatic heterocycles. The summed E-state index contributed by atoms with van der Waals surface area (Å²) in [4.78, 5) is 0.320. The lowest BCUT2D eigenvalue weighted by molar-refractivity contribution is 0.502. The second-order valence-electron chi connectivity index (χ2n) is 4.35. The fourth-order valence-electron chi connectivity index (χ4n) is 1.68. The third kappa shape index (κ3) is 3.80. The molecular weight excluding hydrogens is 260 g/mol. The highest BCUT2D eigenvalue weighted by Crippen LogP contribution is 2.20. The molecule has 0 aliphatic carbocycles. The van der Waals surface area contributed by atoms with Crippen molar-refractivity contribution in [2.75, 3.05) is 20.1 Å². The van der Waals surface area contributed by atoms with Gasteiger partial charge >= 0.3 is 0 Å². The van der Waals surface area contributed by atoms with Crippen LogP contribution < -0.4 is 5.32 Å². The number of hydrogen-bond donors (Lipinski definition) is 1. The van der Waals surface area contributed by atoms with E-state index in [2.05, 4.69) is 11.2 Å². The molecule has 0 aromatic heterocycles. The molecule has 5 heteroatoms. The van der Waals surface area contributed by atoms with Crippen LogP contribution in [-0.4, -0.2) is 32.9 Å². The lowest BCUT2D eigenvalue weighted by atomic mass is 10.1. The smallest absolute Gasteiger partial charge is 0.243 e. The van der Waals surface area contributed by atoms with E-state index < -0.39 is 10.0 Å². The maximum atomic E-state index is 12.4. The Hall–Kier alpha value is -1.35. The molecule has 0 amide bonds. The molecule has 1 aromatic rings. The zero-order chi connectivity index (χ0) is 14.5. The van der Waals surface area contributed by atoms with E-state index in [-0.39, 0.29) is 6.54 Å². The van der Waals surface area contributed by atoms with E-state index in [0.29, 0.717) is 11.4 Å². The van der Waals surface area contributed by atoms with Crippen molar-refractivity contribution in [3.63, 3.8) is 0 Å². The molecule has 19 heavy (non-hydrogen) atoms. The fourth-order valence-corrected chi connectivity index (χ4v) is 3.04. The fraction of sp³-hybridized carbons (Fsp3) is 0.429. The molecule has 0 saturated carbocycles. The Morgan fingerprint density at radius 3 is 2.68 bits per heavy atom. The number of terminal acetylenes is 1. The molecule has 0 spiro atoms. The Bertz CT molecular complexity index is 574. The van der Waals surface area contributed by atoms with E-state index in [1.165, 1.54) is 11.4 Å². The molecule has 1 rings (SSSR count). The molecular formula is C14H20N2O2S. The Morgan fingerprint density at radius 2 is 2.11 bits per heavy atom. The van der Waals surface area contributed by atoms with Crippen molar-refractivity contribution in [2.24, 2.45) is 0 Å². The van der Waals surface area contributed by atoms with Gasteiger partial charge in [0.05, 0.1) is 11.4 Å². The lowest BCUT2D eigenvalue weighted by Gasteiger charge is -2.17. The van der Waals surface area contributed by atoms with Gasteiger partial charge in [-0.1, -0.05) is 25.0 Å². The minimum Gasteiger partial charge on any atom is -0.313 e. The molecule has 1 aromatic carbocycles. The molecule has 0 fully saturated rings. The SMILES string of the molecule is C#CCN(C)S(=O)(=O)c1cc(CNCC)ccc1C. The molecule has 0 unspecified atom stereocenters. The van der Waals surface area contributed by atoms with Crippen molar-refractivity contribution >= 4 is 10.0 Å². The predicted octanol–water partition coefficient (Wildman–Crippen LogP) is 1.36. The Morgan fingerprint density at radius 1 is 1.42 bits per heavy atom. The lowest BCUT2D eigenvalue weighted by Crippen LogP contribution is -2.28. The van der Waals surface area contributed by atoms with Gasteiger partial charge in [0.15, 0.2) is 0 Å². The predicted molar refractivity (Wildman–Crippen MR) is 77.2 cm³/mol. The normalized spacial score (nSPS) is 11.5. The van der Waals surface area contributed by atoms with Gasteiger partial charge in [0.1, 0.15) is 0 Å². The van der Waals surface area contributed by atoms with Crippen LogP contribution in [0, 0.1) is 19.3 Å². The van der Waals surface area contributed by atoms with Crippen molar-refractivity contribution in [2.45, 2.75) is 25.3 Å². The molecule has 4 nitrogen and oxygen atoms in total. The van der Waals surface area contributed by atoms with Crippen LogP contribution in [-0.2, 0) is 16.6 Å². The average Bonchev–Trinajstić information content (AvgIpc) is 2.37.